The Hall–Kier alpha value is -3.35. The molecule has 0 unspecified atom stereocenters. The van der Waals surface area contributed by atoms with Gasteiger partial charge in [0.25, 0.3) is 11.8 Å². The smallest absolute Gasteiger partial charge is 0.291 e. The molecule has 0 bridgehead atoms. The summed E-state index contributed by atoms with van der Waals surface area (Å²) in [7, 11) is 0. The number of carbonyl (C=O) groups excluding carboxylic acids is 2. The predicted molar refractivity (Wildman–Crippen MR) is 101 cm³/mol. The van der Waals surface area contributed by atoms with Crippen molar-refractivity contribution in [3.05, 3.63) is 71.4 Å². The zero-order chi connectivity index (χ0) is 19.2. The SMILES string of the molecule is CC(C)Cc1cc(C(=O)NCc2ccc(NC(=O)c3ccco3)cc2)n[nH]1. The van der Waals surface area contributed by atoms with Crippen molar-refractivity contribution >= 4 is 17.5 Å². The molecule has 140 valence electrons. The van der Waals surface area contributed by atoms with E-state index in [1.54, 1.807) is 30.3 Å². The monoisotopic (exact) mass is 366 g/mol. The molecule has 0 aliphatic carbocycles. The molecule has 0 atom stereocenters. The van der Waals surface area contributed by atoms with Gasteiger partial charge >= 0.3 is 0 Å². The average molecular weight is 366 g/mol. The molecule has 3 rings (SSSR count). The Morgan fingerprint density at radius 1 is 1.15 bits per heavy atom. The van der Waals surface area contributed by atoms with E-state index < -0.39 is 0 Å². The predicted octanol–water partition coefficient (Wildman–Crippen LogP) is 3.38. The molecule has 1 aromatic carbocycles. The molecule has 3 aromatic rings. The van der Waals surface area contributed by atoms with Crippen molar-refractivity contribution in [1.82, 2.24) is 15.5 Å². The van der Waals surface area contributed by atoms with Crippen LogP contribution in [0.3, 0.4) is 0 Å². The number of hydrogen-bond acceptors (Lipinski definition) is 4. The van der Waals surface area contributed by atoms with Gasteiger partial charge in [0.2, 0.25) is 0 Å². The molecule has 0 aliphatic rings. The van der Waals surface area contributed by atoms with Crippen molar-refractivity contribution in [2.75, 3.05) is 5.32 Å². The van der Waals surface area contributed by atoms with Gasteiger partial charge in [-0.3, -0.25) is 14.7 Å². The number of amides is 2. The first-order valence-corrected chi connectivity index (χ1v) is 8.77. The van der Waals surface area contributed by atoms with Gasteiger partial charge in [-0.15, -0.1) is 0 Å². The standard InChI is InChI=1S/C20H22N4O3/c1-13(2)10-16-11-17(24-23-16)19(25)21-12-14-5-7-15(8-6-14)22-20(26)18-4-3-9-27-18/h3-9,11,13H,10,12H2,1-2H3,(H,21,25)(H,22,26)(H,23,24). The van der Waals surface area contributed by atoms with Gasteiger partial charge < -0.3 is 15.1 Å². The Labute approximate surface area is 157 Å². The van der Waals surface area contributed by atoms with E-state index in [0.29, 0.717) is 23.8 Å². The molecule has 7 heteroatoms. The molecule has 2 amide bonds. The summed E-state index contributed by atoms with van der Waals surface area (Å²) in [5, 5.41) is 12.5. The van der Waals surface area contributed by atoms with Crippen LogP contribution in [0.5, 0.6) is 0 Å². The van der Waals surface area contributed by atoms with E-state index in [2.05, 4.69) is 34.7 Å². The lowest BCUT2D eigenvalue weighted by molar-refractivity contribution is 0.0945. The van der Waals surface area contributed by atoms with Crippen molar-refractivity contribution < 1.29 is 14.0 Å². The summed E-state index contributed by atoms with van der Waals surface area (Å²) >= 11 is 0. The molecule has 0 saturated heterocycles. The Morgan fingerprint density at radius 2 is 1.93 bits per heavy atom. The number of H-pyrrole nitrogens is 1. The minimum Gasteiger partial charge on any atom is -0.459 e. The summed E-state index contributed by atoms with van der Waals surface area (Å²) in [6.07, 6.45) is 2.30. The van der Waals surface area contributed by atoms with Crippen LogP contribution in [-0.4, -0.2) is 22.0 Å². The van der Waals surface area contributed by atoms with Crippen LogP contribution in [0.15, 0.2) is 53.1 Å². The summed E-state index contributed by atoms with van der Waals surface area (Å²) < 4.78 is 5.05. The highest BCUT2D eigenvalue weighted by Gasteiger charge is 2.11. The van der Waals surface area contributed by atoms with E-state index in [1.165, 1.54) is 6.26 Å². The fourth-order valence-electron chi connectivity index (χ4n) is 2.60. The Kier molecular flexibility index (Phi) is 5.71. The quantitative estimate of drug-likeness (QED) is 0.597. The summed E-state index contributed by atoms with van der Waals surface area (Å²) in [4.78, 5) is 24.1. The Morgan fingerprint density at radius 3 is 2.59 bits per heavy atom. The maximum atomic E-state index is 12.2. The van der Waals surface area contributed by atoms with Crippen molar-refractivity contribution in [2.45, 2.75) is 26.8 Å². The molecule has 0 radical (unpaired) electrons. The molecule has 2 heterocycles. The normalized spacial score (nSPS) is 10.8. The summed E-state index contributed by atoms with van der Waals surface area (Å²) in [5.74, 6) is 0.212. The van der Waals surface area contributed by atoms with E-state index >= 15 is 0 Å². The fourth-order valence-corrected chi connectivity index (χ4v) is 2.60. The maximum Gasteiger partial charge on any atom is 0.291 e. The third-order valence-corrected chi connectivity index (χ3v) is 3.90. The van der Waals surface area contributed by atoms with Crippen LogP contribution in [0.25, 0.3) is 0 Å². The molecule has 0 aliphatic heterocycles. The molecule has 3 N–H and O–H groups in total. The number of anilines is 1. The summed E-state index contributed by atoms with van der Waals surface area (Å²) in [5.41, 5.74) is 2.90. The molecule has 0 fully saturated rings. The third kappa shape index (κ3) is 5.07. The van der Waals surface area contributed by atoms with Crippen LogP contribution in [0.1, 0.15) is 46.1 Å². The van der Waals surface area contributed by atoms with Crippen LogP contribution >= 0.6 is 0 Å². The van der Waals surface area contributed by atoms with Gasteiger partial charge in [-0.2, -0.15) is 5.10 Å². The Bertz CT molecular complexity index is 896. The minimum atomic E-state index is -0.309. The van der Waals surface area contributed by atoms with Gasteiger partial charge in [0.15, 0.2) is 5.76 Å². The number of aromatic amines is 1. The van der Waals surface area contributed by atoms with E-state index in [4.69, 9.17) is 4.42 Å². The van der Waals surface area contributed by atoms with Crippen LogP contribution < -0.4 is 10.6 Å². The lowest BCUT2D eigenvalue weighted by Crippen LogP contribution is -2.23. The highest BCUT2D eigenvalue weighted by Crippen LogP contribution is 2.12. The van der Waals surface area contributed by atoms with Crippen molar-refractivity contribution in [2.24, 2.45) is 5.92 Å². The number of nitrogens with one attached hydrogen (secondary N) is 3. The molecule has 7 nitrogen and oxygen atoms in total. The highest BCUT2D eigenvalue weighted by molar-refractivity contribution is 6.02. The first-order chi connectivity index (χ1) is 13.0. The van der Waals surface area contributed by atoms with Crippen molar-refractivity contribution in [3.8, 4) is 0 Å². The number of benzene rings is 1. The number of hydrogen-bond donors (Lipinski definition) is 3. The van der Waals surface area contributed by atoms with E-state index in [-0.39, 0.29) is 17.6 Å². The zero-order valence-corrected chi connectivity index (χ0v) is 15.3. The van der Waals surface area contributed by atoms with E-state index in [9.17, 15) is 9.59 Å². The second-order valence-electron chi connectivity index (χ2n) is 6.69. The molecule has 2 aromatic heterocycles. The molecule has 27 heavy (non-hydrogen) atoms. The highest BCUT2D eigenvalue weighted by atomic mass is 16.3. The first kappa shape index (κ1) is 18.4. The molecular weight excluding hydrogens is 344 g/mol. The van der Waals surface area contributed by atoms with Gasteiger partial charge in [-0.25, -0.2) is 0 Å². The Balaban J connectivity index is 1.51. The number of furan rings is 1. The number of nitrogens with zero attached hydrogens (tertiary/aromatic N) is 1. The fraction of sp³-hybridized carbons (Fsp3) is 0.250. The maximum absolute atomic E-state index is 12.2. The van der Waals surface area contributed by atoms with Crippen LogP contribution in [-0.2, 0) is 13.0 Å². The van der Waals surface area contributed by atoms with Gasteiger partial charge in [0.1, 0.15) is 5.69 Å². The molecule has 0 spiro atoms. The number of carbonyl (C=O) groups is 2. The van der Waals surface area contributed by atoms with Gasteiger partial charge in [-0.05, 0) is 48.2 Å². The van der Waals surface area contributed by atoms with Crippen molar-refractivity contribution in [1.29, 1.82) is 0 Å². The first-order valence-electron chi connectivity index (χ1n) is 8.77. The summed E-state index contributed by atoms with van der Waals surface area (Å²) in [6, 6.07) is 12.3. The number of rotatable bonds is 7. The van der Waals surface area contributed by atoms with E-state index in [0.717, 1.165) is 17.7 Å². The van der Waals surface area contributed by atoms with E-state index in [1.807, 2.05) is 12.1 Å². The van der Waals surface area contributed by atoms with Crippen LogP contribution in [0.4, 0.5) is 5.69 Å². The second kappa shape index (κ2) is 8.35. The molecular formula is C20H22N4O3. The van der Waals surface area contributed by atoms with Crippen LogP contribution in [0.2, 0.25) is 0 Å². The topological polar surface area (TPSA) is 100 Å². The van der Waals surface area contributed by atoms with Gasteiger partial charge in [-0.1, -0.05) is 26.0 Å². The van der Waals surface area contributed by atoms with Crippen LogP contribution in [0, 0.1) is 5.92 Å². The third-order valence-electron chi connectivity index (χ3n) is 3.90. The summed E-state index contributed by atoms with van der Waals surface area (Å²) in [6.45, 7) is 4.60. The van der Waals surface area contributed by atoms with Gasteiger partial charge in [0.05, 0.1) is 6.26 Å². The second-order valence-corrected chi connectivity index (χ2v) is 6.69. The lowest BCUT2D eigenvalue weighted by Gasteiger charge is -2.06. The van der Waals surface area contributed by atoms with Gasteiger partial charge in [0, 0.05) is 17.9 Å². The average Bonchev–Trinajstić information content (AvgIpc) is 3.32. The largest absolute Gasteiger partial charge is 0.459 e. The lowest BCUT2D eigenvalue weighted by atomic mass is 10.1. The number of aromatic nitrogens is 2. The minimum absolute atomic E-state index is 0.226. The van der Waals surface area contributed by atoms with Crippen molar-refractivity contribution in [3.63, 3.8) is 0 Å². The zero-order valence-electron chi connectivity index (χ0n) is 15.3. The molecule has 0 saturated carbocycles.